The number of carbonyl (C=O) groups is 2. The van der Waals surface area contributed by atoms with Gasteiger partial charge in [-0.05, 0) is 57.5 Å². The largest absolute Gasteiger partial charge is 0.369 e. The molecule has 0 aromatic heterocycles. The molecular formula is C18H25N5O2. The number of nitrogens with zero attached hydrogens (tertiary/aromatic N) is 2. The summed E-state index contributed by atoms with van der Waals surface area (Å²) in [5.74, 6) is -0.161. The summed E-state index contributed by atoms with van der Waals surface area (Å²) in [4.78, 5) is 25.3. The summed E-state index contributed by atoms with van der Waals surface area (Å²) < 4.78 is 0. The molecule has 1 aromatic carbocycles. The van der Waals surface area contributed by atoms with E-state index in [1.807, 2.05) is 6.07 Å². The minimum Gasteiger partial charge on any atom is -0.369 e. The molecule has 7 heteroatoms. The first kappa shape index (κ1) is 18.7. The van der Waals surface area contributed by atoms with Gasteiger partial charge in [-0.15, -0.1) is 0 Å². The molecule has 0 saturated carbocycles. The van der Waals surface area contributed by atoms with Crippen molar-refractivity contribution in [1.29, 1.82) is 5.26 Å². The molecule has 0 unspecified atom stereocenters. The van der Waals surface area contributed by atoms with Crippen LogP contribution in [-0.4, -0.2) is 43.0 Å². The van der Waals surface area contributed by atoms with Crippen molar-refractivity contribution in [3.63, 3.8) is 0 Å². The summed E-state index contributed by atoms with van der Waals surface area (Å²) >= 11 is 0. The molecule has 0 aliphatic carbocycles. The number of carbonyl (C=O) groups excluding carboxylic acids is 2. The zero-order valence-corrected chi connectivity index (χ0v) is 14.3. The Morgan fingerprint density at radius 2 is 1.96 bits per heavy atom. The highest BCUT2D eigenvalue weighted by molar-refractivity contribution is 5.90. The van der Waals surface area contributed by atoms with Gasteiger partial charge in [-0.1, -0.05) is 12.1 Å². The second-order valence-electron chi connectivity index (χ2n) is 6.26. The summed E-state index contributed by atoms with van der Waals surface area (Å²) in [6.45, 7) is 3.36. The number of hydrogen-bond donors (Lipinski definition) is 3. The van der Waals surface area contributed by atoms with Gasteiger partial charge in [-0.3, -0.25) is 4.79 Å². The van der Waals surface area contributed by atoms with Crippen LogP contribution in [0.4, 0.5) is 10.5 Å². The number of anilines is 1. The summed E-state index contributed by atoms with van der Waals surface area (Å²) in [6.07, 6.45) is 3.54. The lowest BCUT2D eigenvalue weighted by Crippen LogP contribution is -2.39. The number of nitriles is 1. The molecule has 7 nitrogen and oxygen atoms in total. The fourth-order valence-electron chi connectivity index (χ4n) is 2.96. The van der Waals surface area contributed by atoms with E-state index >= 15 is 0 Å². The summed E-state index contributed by atoms with van der Waals surface area (Å²) in [6, 6.07) is 8.65. The highest BCUT2D eigenvalue weighted by Crippen LogP contribution is 2.17. The maximum atomic E-state index is 11.9. The van der Waals surface area contributed by atoms with E-state index in [1.54, 1.807) is 24.3 Å². The molecule has 1 aliphatic heterocycles. The highest BCUT2D eigenvalue weighted by Gasteiger charge is 2.22. The highest BCUT2D eigenvalue weighted by atomic mass is 16.2. The summed E-state index contributed by atoms with van der Waals surface area (Å²) in [7, 11) is 0. The smallest absolute Gasteiger partial charge is 0.319 e. The second kappa shape index (κ2) is 9.64. The predicted octanol–water partition coefficient (Wildman–Crippen LogP) is 1.66. The van der Waals surface area contributed by atoms with Gasteiger partial charge in [0.2, 0.25) is 5.91 Å². The van der Waals surface area contributed by atoms with E-state index in [-0.39, 0.29) is 17.9 Å². The molecule has 1 saturated heterocycles. The van der Waals surface area contributed by atoms with Gasteiger partial charge in [0.15, 0.2) is 0 Å². The lowest BCUT2D eigenvalue weighted by molar-refractivity contribution is -0.123. The Morgan fingerprint density at radius 1 is 1.24 bits per heavy atom. The van der Waals surface area contributed by atoms with E-state index in [0.29, 0.717) is 17.8 Å². The first-order valence-electron chi connectivity index (χ1n) is 8.66. The van der Waals surface area contributed by atoms with Crippen molar-refractivity contribution in [3.8, 4) is 6.07 Å². The van der Waals surface area contributed by atoms with Gasteiger partial charge in [0, 0.05) is 12.5 Å². The number of primary amides is 1. The van der Waals surface area contributed by atoms with Crippen LogP contribution in [0.15, 0.2) is 24.3 Å². The van der Waals surface area contributed by atoms with Crippen molar-refractivity contribution in [3.05, 3.63) is 29.8 Å². The zero-order valence-electron chi connectivity index (χ0n) is 14.3. The van der Waals surface area contributed by atoms with Crippen LogP contribution in [-0.2, 0) is 4.79 Å². The first-order valence-corrected chi connectivity index (χ1v) is 8.66. The maximum Gasteiger partial charge on any atom is 0.319 e. The molecule has 1 heterocycles. The van der Waals surface area contributed by atoms with E-state index in [4.69, 9.17) is 11.0 Å². The molecule has 1 aromatic rings. The monoisotopic (exact) mass is 343 g/mol. The number of benzene rings is 1. The lowest BCUT2D eigenvalue weighted by Gasteiger charge is -2.30. The van der Waals surface area contributed by atoms with Crippen LogP contribution < -0.4 is 16.4 Å². The van der Waals surface area contributed by atoms with Crippen molar-refractivity contribution in [2.24, 2.45) is 11.7 Å². The topological polar surface area (TPSA) is 111 Å². The summed E-state index contributed by atoms with van der Waals surface area (Å²) in [5.41, 5.74) is 6.29. The third kappa shape index (κ3) is 6.08. The number of unbranched alkanes of at least 4 members (excludes halogenated alkanes) is 1. The van der Waals surface area contributed by atoms with Crippen LogP contribution in [0.3, 0.4) is 0 Å². The third-order valence-electron chi connectivity index (χ3n) is 4.47. The molecule has 4 N–H and O–H groups in total. The van der Waals surface area contributed by atoms with Crippen molar-refractivity contribution in [2.75, 3.05) is 31.5 Å². The molecular weight excluding hydrogens is 318 g/mol. The molecule has 25 heavy (non-hydrogen) atoms. The Balaban J connectivity index is 1.58. The summed E-state index contributed by atoms with van der Waals surface area (Å²) in [5, 5.41) is 14.5. The number of urea groups is 1. The average Bonchev–Trinajstić information content (AvgIpc) is 2.62. The van der Waals surface area contributed by atoms with Crippen LogP contribution in [0, 0.1) is 17.2 Å². The minimum absolute atomic E-state index is 0.0258. The maximum absolute atomic E-state index is 11.9. The average molecular weight is 343 g/mol. The van der Waals surface area contributed by atoms with E-state index < -0.39 is 0 Å². The standard InChI is InChI=1S/C18H25N5O2/c19-13-15-5-1-2-6-16(15)22-18(25)21-9-3-4-10-23-11-7-14(8-12-23)17(20)24/h1-2,5-6,14H,3-4,7-12H2,(H2,20,24)(H2,21,22,25). The first-order chi connectivity index (χ1) is 12.1. The number of nitrogens with one attached hydrogen (secondary N) is 2. The quantitative estimate of drug-likeness (QED) is 0.654. The Labute approximate surface area is 148 Å². The number of para-hydroxylation sites is 1. The van der Waals surface area contributed by atoms with Gasteiger partial charge < -0.3 is 21.3 Å². The molecule has 3 amide bonds. The zero-order chi connectivity index (χ0) is 18.1. The van der Waals surface area contributed by atoms with Crippen molar-refractivity contribution in [1.82, 2.24) is 10.2 Å². The predicted molar refractivity (Wildman–Crippen MR) is 95.8 cm³/mol. The SMILES string of the molecule is N#Cc1ccccc1NC(=O)NCCCCN1CCC(C(N)=O)CC1. The van der Waals surface area contributed by atoms with Crippen LogP contribution in [0.5, 0.6) is 0 Å². The van der Waals surface area contributed by atoms with E-state index in [1.165, 1.54) is 0 Å². The molecule has 2 rings (SSSR count). The van der Waals surface area contributed by atoms with Gasteiger partial charge in [0.1, 0.15) is 6.07 Å². The number of likely N-dealkylation sites (tertiary alicyclic amines) is 1. The fraction of sp³-hybridized carbons (Fsp3) is 0.500. The van der Waals surface area contributed by atoms with Crippen molar-refractivity contribution >= 4 is 17.6 Å². The number of piperidine rings is 1. The molecule has 0 radical (unpaired) electrons. The Bertz CT molecular complexity index is 633. The van der Waals surface area contributed by atoms with Gasteiger partial charge in [0.25, 0.3) is 0 Å². The normalized spacial score (nSPS) is 15.3. The Kier molecular flexibility index (Phi) is 7.23. The molecule has 0 bridgehead atoms. The van der Waals surface area contributed by atoms with E-state index in [9.17, 15) is 9.59 Å². The fourth-order valence-corrected chi connectivity index (χ4v) is 2.96. The molecule has 0 atom stereocenters. The van der Waals surface area contributed by atoms with E-state index in [2.05, 4.69) is 15.5 Å². The Hall–Kier alpha value is -2.59. The van der Waals surface area contributed by atoms with Gasteiger partial charge in [0.05, 0.1) is 11.3 Å². The van der Waals surface area contributed by atoms with Gasteiger partial charge in [-0.2, -0.15) is 5.26 Å². The van der Waals surface area contributed by atoms with Crippen LogP contribution in [0.1, 0.15) is 31.2 Å². The molecule has 1 aliphatic rings. The molecule has 134 valence electrons. The van der Waals surface area contributed by atoms with Gasteiger partial charge in [-0.25, -0.2) is 4.79 Å². The third-order valence-corrected chi connectivity index (χ3v) is 4.47. The number of hydrogen-bond acceptors (Lipinski definition) is 4. The van der Waals surface area contributed by atoms with Gasteiger partial charge >= 0.3 is 6.03 Å². The molecule has 0 spiro atoms. The number of amides is 3. The van der Waals surface area contributed by atoms with Crippen LogP contribution >= 0.6 is 0 Å². The van der Waals surface area contributed by atoms with Crippen molar-refractivity contribution < 1.29 is 9.59 Å². The van der Waals surface area contributed by atoms with Crippen LogP contribution in [0.25, 0.3) is 0 Å². The lowest BCUT2D eigenvalue weighted by atomic mass is 9.96. The van der Waals surface area contributed by atoms with Crippen LogP contribution in [0.2, 0.25) is 0 Å². The second-order valence-corrected chi connectivity index (χ2v) is 6.26. The van der Waals surface area contributed by atoms with E-state index in [0.717, 1.165) is 45.3 Å². The minimum atomic E-state index is -0.301. The number of rotatable bonds is 7. The Morgan fingerprint density at radius 3 is 2.64 bits per heavy atom. The molecule has 1 fully saturated rings. The van der Waals surface area contributed by atoms with Crippen molar-refractivity contribution in [2.45, 2.75) is 25.7 Å². The number of nitrogens with two attached hydrogens (primary N) is 1.